The Bertz CT molecular complexity index is 1450. The number of hydrogen-bond acceptors (Lipinski definition) is 10. The first-order chi connectivity index (χ1) is 19.4. The summed E-state index contributed by atoms with van der Waals surface area (Å²) >= 11 is 0. The standard InChI is InChI=1S/C29H27FN2O8/c1-35-22-7-14(8-23(36-2)28(22)40-24(33)11-31)25-17-9-20-21(39-13-38-20)10-18(17)27(19-12-37-29(34)26(19)25)32-16-5-3-15(30)4-6-16/h3-10,19,25-27,32H,11-13,31H2,1-2H3/t19-,25+,26-,27+/m0/s1. The number of cyclic esters (lactones) is 1. The Balaban J connectivity index is 1.52. The van der Waals surface area contributed by atoms with E-state index in [0.29, 0.717) is 22.7 Å². The van der Waals surface area contributed by atoms with Crippen molar-refractivity contribution in [3.63, 3.8) is 0 Å². The van der Waals surface area contributed by atoms with Crippen molar-refractivity contribution in [2.45, 2.75) is 12.0 Å². The summed E-state index contributed by atoms with van der Waals surface area (Å²) < 4.78 is 47.2. The van der Waals surface area contributed by atoms with Crippen molar-refractivity contribution < 1.29 is 42.4 Å². The summed E-state index contributed by atoms with van der Waals surface area (Å²) in [5.74, 6) is -0.979. The minimum absolute atomic E-state index is 0.0801. The molecular weight excluding hydrogens is 523 g/mol. The van der Waals surface area contributed by atoms with E-state index < -0.39 is 17.8 Å². The van der Waals surface area contributed by atoms with Crippen LogP contribution in [0.2, 0.25) is 0 Å². The Kier molecular flexibility index (Phi) is 6.59. The molecule has 3 aromatic rings. The number of fused-ring (bicyclic) bond motifs is 3. The first kappa shape index (κ1) is 25.8. The van der Waals surface area contributed by atoms with E-state index in [-0.39, 0.29) is 60.9 Å². The summed E-state index contributed by atoms with van der Waals surface area (Å²) in [6.07, 6.45) is 0. The van der Waals surface area contributed by atoms with E-state index in [9.17, 15) is 14.0 Å². The monoisotopic (exact) mass is 550 g/mol. The molecule has 1 saturated heterocycles. The molecule has 208 valence electrons. The van der Waals surface area contributed by atoms with Crippen molar-refractivity contribution in [2.75, 3.05) is 39.5 Å². The lowest BCUT2D eigenvalue weighted by Crippen LogP contribution is -2.37. The summed E-state index contributed by atoms with van der Waals surface area (Å²) in [7, 11) is 2.89. The summed E-state index contributed by atoms with van der Waals surface area (Å²) in [4.78, 5) is 25.3. The van der Waals surface area contributed by atoms with Crippen LogP contribution in [0.3, 0.4) is 0 Å². The zero-order valence-corrected chi connectivity index (χ0v) is 21.8. The van der Waals surface area contributed by atoms with Crippen LogP contribution in [-0.2, 0) is 14.3 Å². The highest BCUT2D eigenvalue weighted by Crippen LogP contribution is 2.56. The van der Waals surface area contributed by atoms with Gasteiger partial charge in [-0.1, -0.05) is 0 Å². The second-order valence-corrected chi connectivity index (χ2v) is 9.69. The maximum Gasteiger partial charge on any atom is 0.325 e. The lowest BCUT2D eigenvalue weighted by Gasteiger charge is -2.40. The number of benzene rings is 3. The third-order valence-corrected chi connectivity index (χ3v) is 7.58. The molecule has 0 unspecified atom stereocenters. The lowest BCUT2D eigenvalue weighted by molar-refractivity contribution is -0.141. The number of anilines is 1. The molecule has 0 aromatic heterocycles. The van der Waals surface area contributed by atoms with E-state index in [2.05, 4.69) is 5.32 Å². The quantitative estimate of drug-likeness (QED) is 0.333. The molecule has 40 heavy (non-hydrogen) atoms. The van der Waals surface area contributed by atoms with Gasteiger partial charge in [-0.15, -0.1) is 0 Å². The maximum atomic E-state index is 13.6. The molecule has 6 rings (SSSR count). The molecule has 2 aliphatic heterocycles. The van der Waals surface area contributed by atoms with Gasteiger partial charge in [-0.25, -0.2) is 4.39 Å². The van der Waals surface area contributed by atoms with Crippen LogP contribution in [-0.4, -0.2) is 46.1 Å². The molecule has 4 atom stereocenters. The third kappa shape index (κ3) is 4.32. The number of halogens is 1. The summed E-state index contributed by atoms with van der Waals surface area (Å²) in [5.41, 5.74) is 8.53. The maximum absolute atomic E-state index is 13.6. The van der Waals surface area contributed by atoms with Crippen LogP contribution in [0.15, 0.2) is 48.5 Å². The summed E-state index contributed by atoms with van der Waals surface area (Å²) in [5, 5.41) is 3.49. The van der Waals surface area contributed by atoms with Gasteiger partial charge >= 0.3 is 11.9 Å². The van der Waals surface area contributed by atoms with Crippen LogP contribution in [0.1, 0.15) is 28.7 Å². The fraction of sp³-hybridized carbons (Fsp3) is 0.310. The predicted molar refractivity (Wildman–Crippen MR) is 139 cm³/mol. The molecule has 0 radical (unpaired) electrons. The zero-order valence-electron chi connectivity index (χ0n) is 21.8. The molecule has 3 aliphatic rings. The number of hydrogen-bond donors (Lipinski definition) is 2. The molecular formula is C29H27FN2O8. The number of ether oxygens (including phenoxy) is 6. The Morgan fingerprint density at radius 3 is 2.27 bits per heavy atom. The number of carbonyl (C=O) groups excluding carboxylic acids is 2. The van der Waals surface area contributed by atoms with Crippen LogP contribution in [0.25, 0.3) is 0 Å². The minimum atomic E-state index is -0.658. The van der Waals surface area contributed by atoms with Gasteiger partial charge in [-0.3, -0.25) is 9.59 Å². The Morgan fingerprint density at radius 2 is 1.65 bits per heavy atom. The van der Waals surface area contributed by atoms with Gasteiger partial charge in [0.25, 0.3) is 0 Å². The minimum Gasteiger partial charge on any atom is -0.493 e. The fourth-order valence-electron chi connectivity index (χ4n) is 5.81. The zero-order chi connectivity index (χ0) is 28.0. The molecule has 3 N–H and O–H groups in total. The van der Waals surface area contributed by atoms with Crippen molar-refractivity contribution in [1.29, 1.82) is 0 Å². The molecule has 1 aliphatic carbocycles. The van der Waals surface area contributed by atoms with E-state index in [0.717, 1.165) is 11.1 Å². The van der Waals surface area contributed by atoms with Gasteiger partial charge in [0.05, 0.1) is 39.3 Å². The van der Waals surface area contributed by atoms with E-state index in [1.807, 2.05) is 12.1 Å². The van der Waals surface area contributed by atoms with Crippen LogP contribution in [0, 0.1) is 17.7 Å². The Hall–Kier alpha value is -4.51. The first-order valence-electron chi connectivity index (χ1n) is 12.7. The molecule has 0 spiro atoms. The van der Waals surface area contributed by atoms with Gasteiger partial charge < -0.3 is 39.5 Å². The molecule has 2 heterocycles. The second kappa shape index (κ2) is 10.2. The molecule has 0 bridgehead atoms. The highest BCUT2D eigenvalue weighted by molar-refractivity contribution is 5.80. The number of esters is 2. The van der Waals surface area contributed by atoms with E-state index >= 15 is 0 Å². The van der Waals surface area contributed by atoms with E-state index in [4.69, 9.17) is 34.2 Å². The molecule has 1 fully saturated rings. The summed E-state index contributed by atoms with van der Waals surface area (Å²) in [6.45, 7) is -0.0564. The number of nitrogens with two attached hydrogens (primary N) is 1. The smallest absolute Gasteiger partial charge is 0.325 e. The molecule has 0 amide bonds. The largest absolute Gasteiger partial charge is 0.493 e. The van der Waals surface area contributed by atoms with E-state index in [1.165, 1.54) is 26.4 Å². The molecule has 10 nitrogen and oxygen atoms in total. The van der Waals surface area contributed by atoms with Gasteiger partial charge in [-0.2, -0.15) is 0 Å². The normalized spacial score (nSPS) is 22.1. The number of rotatable bonds is 7. The number of nitrogens with one attached hydrogen (secondary N) is 1. The van der Waals surface area contributed by atoms with E-state index in [1.54, 1.807) is 24.3 Å². The van der Waals surface area contributed by atoms with Crippen LogP contribution < -0.4 is 34.7 Å². The van der Waals surface area contributed by atoms with Gasteiger partial charge in [0.1, 0.15) is 5.82 Å². The van der Waals surface area contributed by atoms with Gasteiger partial charge in [0, 0.05) is 17.5 Å². The average molecular weight is 551 g/mol. The SMILES string of the molecule is COc1cc([C@@H]2c3cc4c(cc3[C@@H](Nc3ccc(F)cc3)[C@H]3COC(=O)[C@H]23)OCO4)cc(OC)c1OC(=O)CN. The predicted octanol–water partition coefficient (Wildman–Crippen LogP) is 3.52. The van der Waals surface area contributed by atoms with Gasteiger partial charge in [-0.05, 0) is 65.2 Å². The molecule has 11 heteroatoms. The Morgan fingerprint density at radius 1 is 1.00 bits per heavy atom. The third-order valence-electron chi connectivity index (χ3n) is 7.58. The van der Waals surface area contributed by atoms with Crippen molar-refractivity contribution in [3.8, 4) is 28.7 Å². The number of carbonyl (C=O) groups is 2. The summed E-state index contributed by atoms with van der Waals surface area (Å²) in [6, 6.07) is 12.9. The van der Waals surface area contributed by atoms with Crippen molar-refractivity contribution >= 4 is 17.6 Å². The van der Waals surface area contributed by atoms with Gasteiger partial charge in [0.2, 0.25) is 12.5 Å². The highest BCUT2D eigenvalue weighted by atomic mass is 19.1. The first-order valence-corrected chi connectivity index (χ1v) is 12.7. The molecule has 0 saturated carbocycles. The van der Waals surface area contributed by atoms with Crippen molar-refractivity contribution in [3.05, 3.63) is 71.0 Å². The Labute approximate surface area is 229 Å². The van der Waals surface area contributed by atoms with Crippen LogP contribution >= 0.6 is 0 Å². The topological polar surface area (TPSA) is 128 Å². The highest BCUT2D eigenvalue weighted by Gasteiger charge is 2.52. The second-order valence-electron chi connectivity index (χ2n) is 9.69. The lowest BCUT2D eigenvalue weighted by atomic mass is 9.65. The van der Waals surface area contributed by atoms with Crippen molar-refractivity contribution in [1.82, 2.24) is 0 Å². The number of methoxy groups -OCH3 is 2. The molecule has 3 aromatic carbocycles. The fourth-order valence-corrected chi connectivity index (χ4v) is 5.81. The van der Waals surface area contributed by atoms with Gasteiger partial charge in [0.15, 0.2) is 23.0 Å². The van der Waals surface area contributed by atoms with Crippen molar-refractivity contribution in [2.24, 2.45) is 17.6 Å². The van der Waals surface area contributed by atoms with Crippen LogP contribution in [0.5, 0.6) is 28.7 Å². The van der Waals surface area contributed by atoms with Crippen LogP contribution in [0.4, 0.5) is 10.1 Å². The average Bonchev–Trinajstić information content (AvgIpc) is 3.59.